The van der Waals surface area contributed by atoms with Gasteiger partial charge in [0.05, 0.1) is 17.8 Å². The molecule has 1 atom stereocenters. The molecule has 1 fully saturated rings. The molecule has 6 heteroatoms. The molecule has 0 saturated carbocycles. The summed E-state index contributed by atoms with van der Waals surface area (Å²) < 4.78 is 5.48. The number of fused-ring (bicyclic) bond motifs is 1. The molecule has 0 radical (unpaired) electrons. The van der Waals surface area contributed by atoms with Crippen molar-refractivity contribution in [2.45, 2.75) is 13.0 Å². The summed E-state index contributed by atoms with van der Waals surface area (Å²) in [5.41, 5.74) is 2.41. The number of rotatable bonds is 3. The fourth-order valence-electron chi connectivity index (χ4n) is 3.77. The zero-order chi connectivity index (χ0) is 19.0. The van der Waals surface area contributed by atoms with Crippen LogP contribution in [0, 0.1) is 0 Å². The normalized spacial score (nSPS) is 17.4. The Morgan fingerprint density at radius 1 is 1.15 bits per heavy atom. The molecule has 1 aliphatic heterocycles. The first-order valence-electron chi connectivity index (χ1n) is 9.05. The number of benzene rings is 2. The first-order chi connectivity index (χ1) is 13.1. The van der Waals surface area contributed by atoms with Crippen LogP contribution in [0.15, 0.2) is 48.5 Å². The minimum atomic E-state index is -0.0524. The van der Waals surface area contributed by atoms with Gasteiger partial charge in [0.2, 0.25) is 0 Å². The summed E-state index contributed by atoms with van der Waals surface area (Å²) in [6.07, 6.45) is 0. The molecule has 1 N–H and O–H groups in total. The molecule has 1 amide bonds. The highest BCUT2D eigenvalue weighted by Crippen LogP contribution is 2.31. The van der Waals surface area contributed by atoms with Crippen molar-refractivity contribution < 1.29 is 9.53 Å². The Morgan fingerprint density at radius 3 is 2.63 bits per heavy atom. The van der Waals surface area contributed by atoms with E-state index >= 15 is 0 Å². The number of piperazine rings is 1. The number of nitrogens with one attached hydrogen (secondary N) is 1. The van der Waals surface area contributed by atoms with Crippen molar-refractivity contribution in [2.24, 2.45) is 0 Å². The van der Waals surface area contributed by atoms with Crippen LogP contribution in [-0.4, -0.2) is 48.6 Å². The van der Waals surface area contributed by atoms with Crippen LogP contribution in [0.5, 0.6) is 5.75 Å². The van der Waals surface area contributed by atoms with E-state index in [-0.39, 0.29) is 11.9 Å². The number of nitrogens with zero attached hydrogens (tertiary/aromatic N) is 2. The molecular formula is C21H22ClN3O2. The molecule has 140 valence electrons. The average Bonchev–Trinajstić information content (AvgIpc) is 3.04. The summed E-state index contributed by atoms with van der Waals surface area (Å²) >= 11 is 6.48. The number of methoxy groups -OCH3 is 1. The van der Waals surface area contributed by atoms with E-state index < -0.39 is 0 Å². The van der Waals surface area contributed by atoms with Gasteiger partial charge in [0, 0.05) is 36.6 Å². The van der Waals surface area contributed by atoms with E-state index in [0.717, 1.165) is 35.4 Å². The Kier molecular flexibility index (Phi) is 4.70. The lowest BCUT2D eigenvalue weighted by Crippen LogP contribution is -2.54. The lowest BCUT2D eigenvalue weighted by molar-refractivity contribution is 0.0669. The van der Waals surface area contributed by atoms with Gasteiger partial charge >= 0.3 is 0 Å². The Bertz CT molecular complexity index is 984. The molecule has 1 aromatic heterocycles. The van der Waals surface area contributed by atoms with Crippen LogP contribution in [0.25, 0.3) is 10.9 Å². The second kappa shape index (κ2) is 7.16. The van der Waals surface area contributed by atoms with E-state index in [9.17, 15) is 4.79 Å². The number of aromatic amines is 1. The van der Waals surface area contributed by atoms with E-state index in [0.29, 0.717) is 17.3 Å². The summed E-state index contributed by atoms with van der Waals surface area (Å²) in [5.74, 6) is 0.798. The number of hydrogen-bond donors (Lipinski definition) is 1. The minimum Gasteiger partial charge on any atom is -0.495 e. The van der Waals surface area contributed by atoms with Crippen molar-refractivity contribution in [2.75, 3.05) is 31.6 Å². The van der Waals surface area contributed by atoms with Crippen LogP contribution in [0.2, 0.25) is 5.02 Å². The molecule has 0 spiro atoms. The molecule has 5 nitrogen and oxygen atoms in total. The predicted molar refractivity (Wildman–Crippen MR) is 109 cm³/mol. The number of para-hydroxylation sites is 3. The minimum absolute atomic E-state index is 0.0524. The lowest BCUT2D eigenvalue weighted by Gasteiger charge is -2.41. The van der Waals surface area contributed by atoms with Crippen LogP contribution < -0.4 is 9.64 Å². The standard InChI is InChI=1S/C21H22ClN3O2/c1-14-13-24(17-9-5-6-10-18(17)27-2)11-12-25(14)21(26)20-19(22)15-7-3-4-8-16(15)23-20/h3-10,14,23H,11-13H2,1-2H3/t14-/m1/s1. The summed E-state index contributed by atoms with van der Waals surface area (Å²) in [5, 5.41) is 1.37. The molecule has 2 aromatic carbocycles. The molecule has 3 aromatic rings. The van der Waals surface area contributed by atoms with Crippen molar-refractivity contribution in [3.05, 3.63) is 59.2 Å². The first-order valence-corrected chi connectivity index (χ1v) is 9.43. The third kappa shape index (κ3) is 3.12. The topological polar surface area (TPSA) is 48.6 Å². The van der Waals surface area contributed by atoms with Crippen molar-refractivity contribution in [3.8, 4) is 5.75 Å². The molecule has 27 heavy (non-hydrogen) atoms. The van der Waals surface area contributed by atoms with Crippen molar-refractivity contribution >= 4 is 34.1 Å². The van der Waals surface area contributed by atoms with E-state index in [4.69, 9.17) is 16.3 Å². The van der Waals surface area contributed by atoms with E-state index in [1.54, 1.807) is 7.11 Å². The fraction of sp³-hybridized carbons (Fsp3) is 0.286. The number of anilines is 1. The number of ether oxygens (including phenoxy) is 1. The molecule has 4 rings (SSSR count). The second-order valence-electron chi connectivity index (χ2n) is 6.82. The van der Waals surface area contributed by atoms with Gasteiger partial charge < -0.3 is 19.5 Å². The highest BCUT2D eigenvalue weighted by Gasteiger charge is 2.31. The Morgan fingerprint density at radius 2 is 1.89 bits per heavy atom. The third-order valence-corrected chi connectivity index (χ3v) is 5.56. The van der Waals surface area contributed by atoms with Crippen molar-refractivity contribution in [3.63, 3.8) is 0 Å². The van der Waals surface area contributed by atoms with E-state index in [1.165, 1.54) is 0 Å². The maximum atomic E-state index is 13.1. The van der Waals surface area contributed by atoms with Crippen LogP contribution in [0.3, 0.4) is 0 Å². The monoisotopic (exact) mass is 383 g/mol. The molecule has 0 unspecified atom stereocenters. The summed E-state index contributed by atoms with van der Waals surface area (Å²) in [6, 6.07) is 15.7. The van der Waals surface area contributed by atoms with Gasteiger partial charge in [-0.1, -0.05) is 41.9 Å². The lowest BCUT2D eigenvalue weighted by atomic mass is 10.1. The van der Waals surface area contributed by atoms with Gasteiger partial charge in [-0.25, -0.2) is 0 Å². The Balaban J connectivity index is 1.56. The summed E-state index contributed by atoms with van der Waals surface area (Å²) in [7, 11) is 1.68. The number of H-pyrrole nitrogens is 1. The van der Waals surface area contributed by atoms with Crippen LogP contribution in [-0.2, 0) is 0 Å². The molecular weight excluding hydrogens is 362 g/mol. The number of aromatic nitrogens is 1. The maximum absolute atomic E-state index is 13.1. The van der Waals surface area contributed by atoms with Crippen molar-refractivity contribution in [1.29, 1.82) is 0 Å². The molecule has 1 saturated heterocycles. The maximum Gasteiger partial charge on any atom is 0.272 e. The number of amides is 1. The number of hydrogen-bond acceptors (Lipinski definition) is 3. The number of carbonyl (C=O) groups is 1. The first kappa shape index (κ1) is 17.7. The van der Waals surface area contributed by atoms with Crippen LogP contribution in [0.4, 0.5) is 5.69 Å². The van der Waals surface area contributed by atoms with Gasteiger partial charge in [-0.15, -0.1) is 0 Å². The molecule has 0 bridgehead atoms. The Hall–Kier alpha value is -2.66. The highest BCUT2D eigenvalue weighted by atomic mass is 35.5. The summed E-state index contributed by atoms with van der Waals surface area (Å²) in [4.78, 5) is 20.5. The summed E-state index contributed by atoms with van der Waals surface area (Å²) in [6.45, 7) is 4.18. The molecule has 0 aliphatic carbocycles. The van der Waals surface area contributed by atoms with Gasteiger partial charge in [-0.3, -0.25) is 4.79 Å². The van der Waals surface area contributed by atoms with Crippen LogP contribution in [0.1, 0.15) is 17.4 Å². The second-order valence-corrected chi connectivity index (χ2v) is 7.20. The van der Waals surface area contributed by atoms with Crippen molar-refractivity contribution in [1.82, 2.24) is 9.88 Å². The average molecular weight is 384 g/mol. The van der Waals surface area contributed by atoms with Crippen LogP contribution >= 0.6 is 11.6 Å². The quantitative estimate of drug-likeness (QED) is 0.738. The molecule has 2 heterocycles. The number of carbonyl (C=O) groups excluding carboxylic acids is 1. The largest absolute Gasteiger partial charge is 0.495 e. The van der Waals surface area contributed by atoms with Gasteiger partial charge in [0.1, 0.15) is 11.4 Å². The van der Waals surface area contributed by atoms with Gasteiger partial charge in [0.25, 0.3) is 5.91 Å². The predicted octanol–water partition coefficient (Wildman–Crippen LogP) is 4.18. The number of halogens is 1. The van der Waals surface area contributed by atoms with Gasteiger partial charge in [0.15, 0.2) is 0 Å². The van der Waals surface area contributed by atoms with E-state index in [2.05, 4.69) is 22.9 Å². The third-order valence-electron chi connectivity index (χ3n) is 5.17. The zero-order valence-corrected chi connectivity index (χ0v) is 16.2. The van der Waals surface area contributed by atoms with Gasteiger partial charge in [-0.05, 0) is 25.1 Å². The fourth-order valence-corrected chi connectivity index (χ4v) is 4.06. The van der Waals surface area contributed by atoms with Gasteiger partial charge in [-0.2, -0.15) is 0 Å². The highest BCUT2D eigenvalue weighted by molar-refractivity contribution is 6.38. The SMILES string of the molecule is COc1ccccc1N1CCN(C(=O)c2[nH]c3ccccc3c2Cl)[C@H](C)C1. The zero-order valence-electron chi connectivity index (χ0n) is 15.4. The smallest absolute Gasteiger partial charge is 0.272 e. The Labute approximate surface area is 163 Å². The molecule has 1 aliphatic rings. The van der Waals surface area contributed by atoms with E-state index in [1.807, 2.05) is 47.4 Å².